The number of carbonyl (C=O) groups excluding carboxylic acids is 3. The molecule has 9 heteroatoms. The molecule has 0 saturated carbocycles. The normalized spacial score (nSPS) is 20.0. The molecule has 0 radical (unpaired) electrons. The van der Waals surface area contributed by atoms with Crippen molar-refractivity contribution in [2.45, 2.75) is 59.0 Å². The maximum absolute atomic E-state index is 12.6. The highest BCUT2D eigenvalue weighted by atomic mass is 32.2. The maximum atomic E-state index is 12.6. The molecule has 0 spiro atoms. The van der Waals surface area contributed by atoms with Crippen LogP contribution in [0.5, 0.6) is 0 Å². The van der Waals surface area contributed by atoms with Crippen molar-refractivity contribution in [1.82, 2.24) is 9.80 Å². The Bertz CT molecular complexity index is 897. The summed E-state index contributed by atoms with van der Waals surface area (Å²) in [5, 5.41) is 11.0. The number of amides is 1. The van der Waals surface area contributed by atoms with Gasteiger partial charge in [-0.2, -0.15) is 0 Å². The second-order valence-electron chi connectivity index (χ2n) is 9.28. The van der Waals surface area contributed by atoms with E-state index in [0.29, 0.717) is 37.5 Å². The predicted molar refractivity (Wildman–Crippen MR) is 122 cm³/mol. The number of piperazine rings is 1. The molecule has 1 aromatic carbocycles. The molecule has 2 aliphatic rings. The van der Waals surface area contributed by atoms with Crippen LogP contribution in [0.3, 0.4) is 0 Å². The van der Waals surface area contributed by atoms with Gasteiger partial charge in [0.2, 0.25) is 0 Å². The molecule has 0 bridgehead atoms. The van der Waals surface area contributed by atoms with Gasteiger partial charge in [-0.1, -0.05) is 17.8 Å². The molecule has 2 atom stereocenters. The third-order valence-electron chi connectivity index (χ3n) is 5.71. The van der Waals surface area contributed by atoms with Gasteiger partial charge in [0.05, 0.1) is 11.7 Å². The number of thioether (sulfide) groups is 1. The number of hydrogen-bond acceptors (Lipinski definition) is 8. The van der Waals surface area contributed by atoms with Gasteiger partial charge in [-0.25, -0.2) is 9.59 Å². The largest absolute Gasteiger partial charge is 0.457 e. The Morgan fingerprint density at radius 2 is 2.03 bits per heavy atom. The van der Waals surface area contributed by atoms with Gasteiger partial charge < -0.3 is 19.5 Å². The first-order chi connectivity index (χ1) is 15.0. The van der Waals surface area contributed by atoms with Crippen molar-refractivity contribution in [2.75, 3.05) is 31.9 Å². The minimum Gasteiger partial charge on any atom is -0.457 e. The van der Waals surface area contributed by atoms with Gasteiger partial charge in [0.25, 0.3) is 0 Å². The first-order valence-electron chi connectivity index (χ1n) is 10.8. The van der Waals surface area contributed by atoms with Crippen LogP contribution in [0.2, 0.25) is 0 Å². The number of ether oxygens (including phenoxy) is 2. The summed E-state index contributed by atoms with van der Waals surface area (Å²) in [5.41, 5.74) is 2.42. The first-order valence-corrected chi connectivity index (χ1v) is 11.8. The molecule has 176 valence electrons. The second kappa shape index (κ2) is 9.80. The number of aliphatic hydroxyl groups excluding tert-OH is 1. The van der Waals surface area contributed by atoms with E-state index >= 15 is 0 Å². The van der Waals surface area contributed by atoms with Gasteiger partial charge in [-0.3, -0.25) is 9.69 Å². The first kappa shape index (κ1) is 24.5. The molecule has 0 aliphatic carbocycles. The molecule has 1 aromatic rings. The molecule has 1 saturated heterocycles. The molecule has 0 unspecified atom stereocenters. The van der Waals surface area contributed by atoms with Gasteiger partial charge in [0.15, 0.2) is 5.12 Å². The Morgan fingerprint density at radius 1 is 1.31 bits per heavy atom. The maximum Gasteiger partial charge on any atom is 0.410 e. The van der Waals surface area contributed by atoms with E-state index in [4.69, 9.17) is 9.47 Å². The topological polar surface area (TPSA) is 96.4 Å². The monoisotopic (exact) mass is 464 g/mol. The zero-order valence-corrected chi connectivity index (χ0v) is 20.2. The summed E-state index contributed by atoms with van der Waals surface area (Å²) in [7, 11) is 0. The van der Waals surface area contributed by atoms with E-state index in [1.165, 1.54) is 18.7 Å². The van der Waals surface area contributed by atoms with E-state index in [1.54, 1.807) is 17.0 Å². The lowest BCUT2D eigenvalue weighted by Gasteiger charge is -2.42. The average molecular weight is 465 g/mol. The molecule has 1 amide bonds. The molecule has 1 N–H and O–H groups in total. The number of fused-ring (bicyclic) bond motifs is 1. The number of benzene rings is 1. The Hall–Kier alpha value is -2.10. The molecule has 8 nitrogen and oxygen atoms in total. The summed E-state index contributed by atoms with van der Waals surface area (Å²) in [6.07, 6.45) is -1.14. The predicted octanol–water partition coefficient (Wildman–Crippen LogP) is 2.90. The summed E-state index contributed by atoms with van der Waals surface area (Å²) in [6.45, 7) is 11.0. The molecule has 1 fully saturated rings. The SMILES string of the molecule is CC(=O)SC[C@@H]1CN(C(=O)OC(C)(C)C)CCN1C[C@@H](O)c1ccc2c(c1C)COC2=O. The van der Waals surface area contributed by atoms with Crippen molar-refractivity contribution in [3.05, 3.63) is 34.4 Å². The molecule has 2 heterocycles. The highest BCUT2D eigenvalue weighted by molar-refractivity contribution is 8.13. The average Bonchev–Trinajstić information content (AvgIpc) is 3.07. The zero-order valence-electron chi connectivity index (χ0n) is 19.3. The van der Waals surface area contributed by atoms with Crippen LogP contribution in [0.25, 0.3) is 0 Å². The van der Waals surface area contributed by atoms with Crippen LogP contribution in [0.15, 0.2) is 12.1 Å². The van der Waals surface area contributed by atoms with Crippen molar-refractivity contribution in [3.63, 3.8) is 0 Å². The third kappa shape index (κ3) is 5.82. The fourth-order valence-corrected chi connectivity index (χ4v) is 4.79. The lowest BCUT2D eigenvalue weighted by molar-refractivity contribution is -0.109. The van der Waals surface area contributed by atoms with Crippen LogP contribution in [0.1, 0.15) is 60.8 Å². The summed E-state index contributed by atoms with van der Waals surface area (Å²) >= 11 is 1.22. The van der Waals surface area contributed by atoms with Crippen molar-refractivity contribution >= 4 is 28.9 Å². The number of aliphatic hydroxyl groups is 1. The van der Waals surface area contributed by atoms with Crippen molar-refractivity contribution in [1.29, 1.82) is 0 Å². The zero-order chi connectivity index (χ0) is 23.6. The van der Waals surface area contributed by atoms with Crippen molar-refractivity contribution in [3.8, 4) is 0 Å². The van der Waals surface area contributed by atoms with Crippen LogP contribution in [-0.4, -0.2) is 75.7 Å². The van der Waals surface area contributed by atoms with Crippen LogP contribution in [0.4, 0.5) is 4.79 Å². The summed E-state index contributed by atoms with van der Waals surface area (Å²) < 4.78 is 10.6. The smallest absolute Gasteiger partial charge is 0.410 e. The molecule has 3 rings (SSSR count). The van der Waals surface area contributed by atoms with Crippen molar-refractivity contribution in [2.24, 2.45) is 0 Å². The molecular weight excluding hydrogens is 432 g/mol. The van der Waals surface area contributed by atoms with Gasteiger partial charge in [-0.05, 0) is 44.9 Å². The van der Waals surface area contributed by atoms with Gasteiger partial charge >= 0.3 is 12.1 Å². The fraction of sp³-hybridized carbons (Fsp3) is 0.609. The minimum atomic E-state index is -0.770. The van der Waals surface area contributed by atoms with Gasteiger partial charge in [0.1, 0.15) is 12.2 Å². The molecular formula is C23H32N2O6S. The fourth-order valence-electron chi connectivity index (χ4n) is 4.05. The summed E-state index contributed by atoms with van der Waals surface area (Å²) in [5.74, 6) is 0.191. The van der Waals surface area contributed by atoms with E-state index in [0.717, 1.165) is 16.7 Å². The number of nitrogens with zero attached hydrogens (tertiary/aromatic N) is 2. The number of β-amino-alcohol motifs (C(OH)–C–C–N with tert-alkyl or cyclic N) is 1. The third-order valence-corrected chi connectivity index (χ3v) is 6.67. The standard InChI is InChI=1S/C23H32N2O6S/c1-14-17(6-7-18-19(14)12-30-21(18)28)20(27)11-24-8-9-25(22(29)31-23(3,4)5)10-16(24)13-32-15(2)26/h6-7,16,20,27H,8-13H2,1-5H3/t16-,20+/m0/s1. The summed E-state index contributed by atoms with van der Waals surface area (Å²) in [4.78, 5) is 39.7. The Labute approximate surface area is 193 Å². The number of rotatable bonds is 5. The minimum absolute atomic E-state index is 0.0130. The van der Waals surface area contributed by atoms with Gasteiger partial charge in [-0.15, -0.1) is 0 Å². The lowest BCUT2D eigenvalue weighted by atomic mass is 9.95. The van der Waals surface area contributed by atoms with Crippen molar-refractivity contribution < 1.29 is 29.0 Å². The quantitative estimate of drug-likeness (QED) is 0.665. The Balaban J connectivity index is 1.72. The van der Waals surface area contributed by atoms with Crippen LogP contribution >= 0.6 is 11.8 Å². The highest BCUT2D eigenvalue weighted by Crippen LogP contribution is 2.30. The highest BCUT2D eigenvalue weighted by Gasteiger charge is 2.34. The number of esters is 1. The van der Waals surface area contributed by atoms with E-state index in [2.05, 4.69) is 4.90 Å². The van der Waals surface area contributed by atoms with Crippen LogP contribution in [-0.2, 0) is 20.9 Å². The van der Waals surface area contributed by atoms with E-state index < -0.39 is 11.7 Å². The van der Waals surface area contributed by atoms with Gasteiger partial charge in [0, 0.05) is 50.5 Å². The van der Waals surface area contributed by atoms with Crippen LogP contribution < -0.4 is 0 Å². The van der Waals surface area contributed by atoms with E-state index in [9.17, 15) is 19.5 Å². The van der Waals surface area contributed by atoms with Crippen LogP contribution in [0, 0.1) is 6.92 Å². The Morgan fingerprint density at radius 3 is 2.69 bits per heavy atom. The lowest BCUT2D eigenvalue weighted by Crippen LogP contribution is -2.57. The molecule has 2 aliphatic heterocycles. The number of hydrogen-bond donors (Lipinski definition) is 1. The second-order valence-corrected chi connectivity index (χ2v) is 10.5. The van der Waals surface area contributed by atoms with E-state index in [1.807, 2.05) is 27.7 Å². The number of cyclic esters (lactones) is 1. The van der Waals surface area contributed by atoms with E-state index in [-0.39, 0.29) is 29.8 Å². The molecule has 32 heavy (non-hydrogen) atoms. The summed E-state index contributed by atoms with van der Waals surface area (Å²) in [6, 6.07) is 3.39. The Kier molecular flexibility index (Phi) is 7.52. The number of carbonyl (C=O) groups is 3. The molecule has 0 aromatic heterocycles.